The molecule has 0 aromatic carbocycles. The molecule has 1 aliphatic heterocycles. The summed E-state index contributed by atoms with van der Waals surface area (Å²) < 4.78 is 30.9. The second kappa shape index (κ2) is 6.82. The number of aromatic nitrogens is 4. The van der Waals surface area contributed by atoms with Crippen LogP contribution < -0.4 is 0 Å². The molecule has 0 spiro atoms. The van der Waals surface area contributed by atoms with Crippen molar-refractivity contribution in [2.75, 3.05) is 11.5 Å². The fourth-order valence-electron chi connectivity index (χ4n) is 2.98. The van der Waals surface area contributed by atoms with Crippen molar-refractivity contribution in [3.63, 3.8) is 0 Å². The van der Waals surface area contributed by atoms with Crippen LogP contribution in [-0.4, -0.2) is 39.7 Å². The first-order valence-electron chi connectivity index (χ1n) is 8.15. The van der Waals surface area contributed by atoms with Crippen LogP contribution in [0.4, 0.5) is 0 Å². The van der Waals surface area contributed by atoms with E-state index in [9.17, 15) is 8.42 Å². The summed E-state index contributed by atoms with van der Waals surface area (Å²) in [5.41, 5.74) is 0.956. The minimum absolute atomic E-state index is 0.0556. The van der Waals surface area contributed by atoms with Gasteiger partial charge in [0.2, 0.25) is 0 Å². The van der Waals surface area contributed by atoms with Gasteiger partial charge in [0, 0.05) is 24.1 Å². The number of thioether (sulfide) groups is 1. The van der Waals surface area contributed by atoms with Crippen LogP contribution >= 0.6 is 23.1 Å². The van der Waals surface area contributed by atoms with E-state index < -0.39 is 9.84 Å². The minimum atomic E-state index is -2.93. The largest absolute Gasteiger partial charge is 0.459 e. The van der Waals surface area contributed by atoms with E-state index in [0.29, 0.717) is 12.2 Å². The number of hydrogen-bond donors (Lipinski definition) is 0. The van der Waals surface area contributed by atoms with E-state index in [1.807, 2.05) is 36.1 Å². The molecule has 0 bridgehead atoms. The van der Waals surface area contributed by atoms with Crippen molar-refractivity contribution in [2.24, 2.45) is 7.05 Å². The monoisotopic (exact) mass is 410 g/mol. The van der Waals surface area contributed by atoms with Crippen LogP contribution in [0, 0.1) is 6.92 Å². The number of hydrogen-bond acceptors (Lipinski definition) is 8. The Morgan fingerprint density at radius 2 is 2.23 bits per heavy atom. The molecule has 1 atom stereocenters. The summed E-state index contributed by atoms with van der Waals surface area (Å²) >= 11 is 3.10. The van der Waals surface area contributed by atoms with Crippen molar-refractivity contribution in [3.8, 4) is 10.8 Å². The molecule has 4 rings (SSSR count). The highest BCUT2D eigenvalue weighted by molar-refractivity contribution is 7.98. The second-order valence-electron chi connectivity index (χ2n) is 6.34. The fraction of sp³-hybridized carbons (Fsp3) is 0.438. The zero-order valence-electron chi connectivity index (χ0n) is 14.4. The lowest BCUT2D eigenvalue weighted by molar-refractivity contribution is 0.548. The molecule has 138 valence electrons. The van der Waals surface area contributed by atoms with Crippen LogP contribution in [-0.2, 0) is 22.6 Å². The molecular formula is C16H18N4O3S3. The predicted molar refractivity (Wildman–Crippen MR) is 101 cm³/mol. The second-order valence-corrected chi connectivity index (χ2v) is 10.4. The smallest absolute Gasteiger partial charge is 0.191 e. The SMILES string of the molecule is Cc1ccc(-c2nc(CSc3nnc(C4CCS(=O)(=O)C4)n3C)cs2)o1. The van der Waals surface area contributed by atoms with Gasteiger partial charge in [0.1, 0.15) is 11.6 Å². The van der Waals surface area contributed by atoms with E-state index >= 15 is 0 Å². The normalized spacial score (nSPS) is 19.2. The molecule has 10 heteroatoms. The van der Waals surface area contributed by atoms with Crippen LogP contribution in [0.3, 0.4) is 0 Å². The zero-order valence-corrected chi connectivity index (χ0v) is 16.8. The Labute approximate surface area is 159 Å². The Balaban J connectivity index is 1.43. The molecule has 3 aromatic heterocycles. The first kappa shape index (κ1) is 17.7. The maximum Gasteiger partial charge on any atom is 0.191 e. The van der Waals surface area contributed by atoms with Gasteiger partial charge in [-0.3, -0.25) is 0 Å². The van der Waals surface area contributed by atoms with Gasteiger partial charge >= 0.3 is 0 Å². The van der Waals surface area contributed by atoms with Crippen LogP contribution in [0.5, 0.6) is 0 Å². The van der Waals surface area contributed by atoms with Crippen LogP contribution in [0.15, 0.2) is 27.1 Å². The van der Waals surface area contributed by atoms with Gasteiger partial charge in [-0.2, -0.15) is 0 Å². The molecular weight excluding hydrogens is 392 g/mol. The van der Waals surface area contributed by atoms with Crippen molar-refractivity contribution in [1.29, 1.82) is 0 Å². The summed E-state index contributed by atoms with van der Waals surface area (Å²) in [4.78, 5) is 4.61. The van der Waals surface area contributed by atoms with Crippen molar-refractivity contribution in [1.82, 2.24) is 19.7 Å². The average Bonchev–Trinajstić information content (AvgIpc) is 3.34. The third-order valence-electron chi connectivity index (χ3n) is 4.32. The number of furan rings is 1. The standard InChI is InChI=1S/C16H18N4O3S3/c1-10-3-4-13(23-10)15-17-12(7-24-15)8-25-16-19-18-14(20(16)2)11-5-6-26(21,22)9-11/h3-4,7,11H,5-6,8-9H2,1-2H3. The Bertz CT molecular complexity index is 1040. The summed E-state index contributed by atoms with van der Waals surface area (Å²) in [5.74, 6) is 3.42. The van der Waals surface area contributed by atoms with E-state index in [-0.39, 0.29) is 17.4 Å². The molecule has 1 saturated heterocycles. The highest BCUT2D eigenvalue weighted by atomic mass is 32.2. The fourth-order valence-corrected chi connectivity index (χ4v) is 6.42. The van der Waals surface area contributed by atoms with Gasteiger partial charge in [-0.1, -0.05) is 11.8 Å². The highest BCUT2D eigenvalue weighted by Crippen LogP contribution is 2.31. The molecule has 1 aliphatic rings. The van der Waals surface area contributed by atoms with Gasteiger partial charge in [0.25, 0.3) is 0 Å². The molecule has 4 heterocycles. The molecule has 1 fully saturated rings. The van der Waals surface area contributed by atoms with Crippen molar-refractivity contribution in [3.05, 3.63) is 34.8 Å². The van der Waals surface area contributed by atoms with E-state index in [1.54, 1.807) is 23.1 Å². The topological polar surface area (TPSA) is 90.9 Å². The number of rotatable bonds is 5. The predicted octanol–water partition coefficient (Wildman–Crippen LogP) is 3.03. The number of sulfone groups is 1. The van der Waals surface area contributed by atoms with Crippen LogP contribution in [0.2, 0.25) is 0 Å². The van der Waals surface area contributed by atoms with Gasteiger partial charge in [-0.25, -0.2) is 13.4 Å². The van der Waals surface area contributed by atoms with Crippen molar-refractivity contribution in [2.45, 2.75) is 30.2 Å². The van der Waals surface area contributed by atoms with Crippen molar-refractivity contribution < 1.29 is 12.8 Å². The summed E-state index contributed by atoms with van der Waals surface area (Å²) in [5, 5.41) is 12.1. The number of thiazole rings is 1. The summed E-state index contributed by atoms with van der Waals surface area (Å²) in [7, 11) is -1.04. The van der Waals surface area contributed by atoms with Gasteiger partial charge in [0.15, 0.2) is 25.8 Å². The van der Waals surface area contributed by atoms with Gasteiger partial charge < -0.3 is 8.98 Å². The molecule has 0 aliphatic carbocycles. The maximum atomic E-state index is 11.7. The Morgan fingerprint density at radius 3 is 2.92 bits per heavy atom. The molecule has 0 radical (unpaired) electrons. The first-order chi connectivity index (χ1) is 12.4. The van der Waals surface area contributed by atoms with Crippen molar-refractivity contribution >= 4 is 32.9 Å². The summed E-state index contributed by atoms with van der Waals surface area (Å²) in [6.45, 7) is 1.91. The lowest BCUT2D eigenvalue weighted by Gasteiger charge is -2.07. The molecule has 0 N–H and O–H groups in total. The molecule has 3 aromatic rings. The van der Waals surface area contributed by atoms with Crippen LogP contribution in [0.1, 0.15) is 29.6 Å². The van der Waals surface area contributed by atoms with Crippen LogP contribution in [0.25, 0.3) is 10.8 Å². The summed E-state index contributed by atoms with van der Waals surface area (Å²) in [6, 6.07) is 3.85. The van der Waals surface area contributed by atoms with E-state index in [0.717, 1.165) is 33.2 Å². The first-order valence-corrected chi connectivity index (χ1v) is 11.8. The lowest BCUT2D eigenvalue weighted by atomic mass is 10.1. The van der Waals surface area contributed by atoms with Gasteiger partial charge in [-0.15, -0.1) is 21.5 Å². The Hall–Kier alpha value is -1.65. The minimum Gasteiger partial charge on any atom is -0.459 e. The molecule has 7 nitrogen and oxygen atoms in total. The lowest BCUT2D eigenvalue weighted by Crippen LogP contribution is -2.09. The number of nitrogens with zero attached hydrogens (tertiary/aromatic N) is 4. The summed E-state index contributed by atoms with van der Waals surface area (Å²) in [6.07, 6.45) is 0.622. The van der Waals surface area contributed by atoms with E-state index in [2.05, 4.69) is 15.2 Å². The molecule has 1 unspecified atom stereocenters. The third kappa shape index (κ3) is 3.58. The number of aryl methyl sites for hydroxylation is 1. The average molecular weight is 411 g/mol. The zero-order chi connectivity index (χ0) is 18.3. The van der Waals surface area contributed by atoms with Gasteiger partial charge in [0.05, 0.1) is 17.2 Å². The third-order valence-corrected chi connectivity index (χ3v) is 8.05. The quantitative estimate of drug-likeness (QED) is 0.597. The van der Waals surface area contributed by atoms with Gasteiger partial charge in [-0.05, 0) is 25.5 Å². The van der Waals surface area contributed by atoms with E-state index in [4.69, 9.17) is 4.42 Å². The molecule has 0 amide bonds. The Morgan fingerprint density at radius 1 is 1.38 bits per heavy atom. The maximum absolute atomic E-state index is 11.7. The van der Waals surface area contributed by atoms with E-state index in [1.165, 1.54) is 0 Å². The Kier molecular flexibility index (Phi) is 4.66. The molecule has 0 saturated carbocycles. The highest BCUT2D eigenvalue weighted by Gasteiger charge is 2.32. The molecule has 26 heavy (non-hydrogen) atoms.